The molecule has 0 saturated carbocycles. The molecule has 22 heavy (non-hydrogen) atoms. The summed E-state index contributed by atoms with van der Waals surface area (Å²) in [7, 11) is 0. The maximum Gasteiger partial charge on any atom is 0.260 e. The van der Waals surface area contributed by atoms with Gasteiger partial charge in [-0.15, -0.1) is 0 Å². The Balaban J connectivity index is 1.81. The summed E-state index contributed by atoms with van der Waals surface area (Å²) in [6.07, 6.45) is 2.11. The lowest BCUT2D eigenvalue weighted by molar-refractivity contribution is -0.119. The van der Waals surface area contributed by atoms with Gasteiger partial charge in [0.05, 0.1) is 10.9 Å². The Morgan fingerprint density at radius 2 is 2.27 bits per heavy atom. The Morgan fingerprint density at radius 1 is 1.45 bits per heavy atom. The van der Waals surface area contributed by atoms with E-state index in [-0.39, 0.29) is 11.5 Å². The minimum absolute atomic E-state index is 0.00522. The van der Waals surface area contributed by atoms with E-state index in [9.17, 15) is 9.59 Å². The van der Waals surface area contributed by atoms with Crippen LogP contribution in [0.1, 0.15) is 19.8 Å². The molecule has 1 aromatic carbocycles. The van der Waals surface area contributed by atoms with E-state index in [2.05, 4.69) is 20.2 Å². The number of aromatic nitrogens is 2. The number of aromatic amines is 1. The van der Waals surface area contributed by atoms with Gasteiger partial charge in [0, 0.05) is 26.6 Å². The molecule has 0 aliphatic carbocycles. The number of amides is 1. The largest absolute Gasteiger partial charge is 0.356 e. The Bertz CT molecular complexity index is 740. The molecule has 1 aliphatic rings. The van der Waals surface area contributed by atoms with Crippen LogP contribution in [0.15, 0.2) is 29.1 Å². The van der Waals surface area contributed by atoms with Gasteiger partial charge in [-0.1, -0.05) is 12.1 Å². The van der Waals surface area contributed by atoms with E-state index in [0.29, 0.717) is 29.3 Å². The normalized spacial score (nSPS) is 18.4. The van der Waals surface area contributed by atoms with Crippen LogP contribution in [0.4, 0.5) is 5.95 Å². The van der Waals surface area contributed by atoms with Crippen molar-refractivity contribution in [3.05, 3.63) is 34.6 Å². The van der Waals surface area contributed by atoms with Crippen LogP contribution in [-0.4, -0.2) is 35.5 Å². The smallest absolute Gasteiger partial charge is 0.260 e. The van der Waals surface area contributed by atoms with E-state index in [1.54, 1.807) is 6.07 Å². The van der Waals surface area contributed by atoms with Crippen LogP contribution in [0.5, 0.6) is 0 Å². The second-order valence-corrected chi connectivity index (χ2v) is 5.80. The van der Waals surface area contributed by atoms with Crippen LogP contribution in [0, 0.1) is 5.92 Å². The zero-order chi connectivity index (χ0) is 15.5. The lowest BCUT2D eigenvalue weighted by atomic mass is 9.98. The standard InChI is InChI=1S/C16H20N4O2/c1-11(21)17-9-12-5-4-8-20(10-12)16-18-14-7-3-2-6-13(14)15(22)19-16/h2-3,6-7,12H,4-5,8-10H2,1H3,(H,17,21)(H,18,19,22). The molecule has 1 saturated heterocycles. The van der Waals surface area contributed by atoms with Gasteiger partial charge >= 0.3 is 0 Å². The van der Waals surface area contributed by atoms with Crippen LogP contribution in [-0.2, 0) is 4.79 Å². The Morgan fingerprint density at radius 3 is 3.09 bits per heavy atom. The highest BCUT2D eigenvalue weighted by Gasteiger charge is 2.22. The number of carbonyl (C=O) groups excluding carboxylic acids is 1. The molecule has 0 bridgehead atoms. The molecule has 2 aromatic rings. The third kappa shape index (κ3) is 3.10. The summed E-state index contributed by atoms with van der Waals surface area (Å²) >= 11 is 0. The molecule has 6 heteroatoms. The summed E-state index contributed by atoms with van der Waals surface area (Å²) in [4.78, 5) is 32.8. The monoisotopic (exact) mass is 300 g/mol. The van der Waals surface area contributed by atoms with Crippen molar-refractivity contribution in [2.45, 2.75) is 19.8 Å². The predicted octanol–water partition coefficient (Wildman–Crippen LogP) is 1.28. The summed E-state index contributed by atoms with van der Waals surface area (Å²) in [5, 5.41) is 3.48. The highest BCUT2D eigenvalue weighted by Crippen LogP contribution is 2.20. The molecule has 1 fully saturated rings. The van der Waals surface area contributed by atoms with Crippen LogP contribution in [0.25, 0.3) is 10.9 Å². The molecule has 2 heterocycles. The number of nitrogens with zero attached hydrogens (tertiary/aromatic N) is 2. The molecule has 2 N–H and O–H groups in total. The second-order valence-electron chi connectivity index (χ2n) is 5.80. The zero-order valence-corrected chi connectivity index (χ0v) is 12.6. The summed E-state index contributed by atoms with van der Waals surface area (Å²) in [5.74, 6) is 1.00. The number of piperidine rings is 1. The lowest BCUT2D eigenvalue weighted by Gasteiger charge is -2.33. The summed E-state index contributed by atoms with van der Waals surface area (Å²) in [5.41, 5.74) is 0.606. The fourth-order valence-corrected chi connectivity index (χ4v) is 2.94. The fraction of sp³-hybridized carbons (Fsp3) is 0.438. The Kier molecular flexibility index (Phi) is 4.09. The molecular formula is C16H20N4O2. The zero-order valence-electron chi connectivity index (χ0n) is 12.6. The second kappa shape index (κ2) is 6.17. The maximum absolute atomic E-state index is 12.2. The van der Waals surface area contributed by atoms with E-state index in [1.807, 2.05) is 18.2 Å². The highest BCUT2D eigenvalue weighted by atomic mass is 16.1. The maximum atomic E-state index is 12.2. The number of carbonyl (C=O) groups is 1. The van der Waals surface area contributed by atoms with Gasteiger partial charge in [0.15, 0.2) is 0 Å². The number of hydrogen-bond acceptors (Lipinski definition) is 4. The first-order valence-corrected chi connectivity index (χ1v) is 7.62. The number of para-hydroxylation sites is 1. The predicted molar refractivity (Wildman–Crippen MR) is 86.0 cm³/mol. The SMILES string of the molecule is CC(=O)NCC1CCCN(c2nc3ccccc3c(=O)[nH]2)C1. The van der Waals surface area contributed by atoms with E-state index in [0.717, 1.165) is 25.9 Å². The number of fused-ring (bicyclic) bond motifs is 1. The topological polar surface area (TPSA) is 78.1 Å². The number of H-pyrrole nitrogens is 1. The summed E-state index contributed by atoms with van der Waals surface area (Å²) in [6, 6.07) is 7.35. The van der Waals surface area contributed by atoms with Crippen LogP contribution < -0.4 is 15.8 Å². The third-order valence-electron chi connectivity index (χ3n) is 4.06. The quantitative estimate of drug-likeness (QED) is 0.895. The van der Waals surface area contributed by atoms with E-state index < -0.39 is 0 Å². The molecule has 0 radical (unpaired) electrons. The van der Waals surface area contributed by atoms with Crippen molar-refractivity contribution in [3.63, 3.8) is 0 Å². The molecule has 1 unspecified atom stereocenters. The van der Waals surface area contributed by atoms with Gasteiger partial charge < -0.3 is 10.2 Å². The van der Waals surface area contributed by atoms with Crippen LogP contribution in [0.3, 0.4) is 0 Å². The van der Waals surface area contributed by atoms with E-state index >= 15 is 0 Å². The number of benzene rings is 1. The van der Waals surface area contributed by atoms with Gasteiger partial charge in [0.2, 0.25) is 11.9 Å². The molecule has 1 amide bonds. The van der Waals surface area contributed by atoms with Crippen molar-refractivity contribution in [3.8, 4) is 0 Å². The van der Waals surface area contributed by atoms with E-state index in [1.165, 1.54) is 6.92 Å². The minimum atomic E-state index is -0.107. The molecule has 6 nitrogen and oxygen atoms in total. The average Bonchev–Trinajstić information content (AvgIpc) is 2.53. The van der Waals surface area contributed by atoms with Gasteiger partial charge in [-0.2, -0.15) is 0 Å². The number of anilines is 1. The van der Waals surface area contributed by atoms with Crippen LogP contribution >= 0.6 is 0 Å². The Hall–Kier alpha value is -2.37. The van der Waals surface area contributed by atoms with Crippen molar-refractivity contribution in [1.29, 1.82) is 0 Å². The molecule has 1 atom stereocenters. The number of hydrogen-bond donors (Lipinski definition) is 2. The fourth-order valence-electron chi connectivity index (χ4n) is 2.94. The average molecular weight is 300 g/mol. The van der Waals surface area contributed by atoms with Gasteiger partial charge in [0.1, 0.15) is 0 Å². The minimum Gasteiger partial charge on any atom is -0.356 e. The van der Waals surface area contributed by atoms with Gasteiger partial charge in [0.25, 0.3) is 5.56 Å². The molecule has 0 spiro atoms. The number of rotatable bonds is 3. The first-order chi connectivity index (χ1) is 10.6. The van der Waals surface area contributed by atoms with Crippen molar-refractivity contribution in [1.82, 2.24) is 15.3 Å². The summed E-state index contributed by atoms with van der Waals surface area (Å²) in [6.45, 7) is 3.87. The molecule has 3 rings (SSSR count). The van der Waals surface area contributed by atoms with Crippen molar-refractivity contribution >= 4 is 22.8 Å². The van der Waals surface area contributed by atoms with Crippen molar-refractivity contribution < 1.29 is 4.79 Å². The van der Waals surface area contributed by atoms with Crippen molar-refractivity contribution in [2.75, 3.05) is 24.5 Å². The molecular weight excluding hydrogens is 280 g/mol. The Labute approximate surface area is 128 Å². The first-order valence-electron chi connectivity index (χ1n) is 7.62. The van der Waals surface area contributed by atoms with Crippen molar-refractivity contribution in [2.24, 2.45) is 5.92 Å². The molecule has 116 valence electrons. The molecule has 1 aliphatic heterocycles. The third-order valence-corrected chi connectivity index (χ3v) is 4.06. The lowest BCUT2D eigenvalue weighted by Crippen LogP contribution is -2.41. The van der Waals surface area contributed by atoms with Gasteiger partial charge in [-0.25, -0.2) is 4.98 Å². The first kappa shape index (κ1) is 14.6. The highest BCUT2D eigenvalue weighted by molar-refractivity contribution is 5.78. The van der Waals surface area contributed by atoms with Gasteiger partial charge in [-0.05, 0) is 30.9 Å². The van der Waals surface area contributed by atoms with E-state index in [4.69, 9.17) is 0 Å². The van der Waals surface area contributed by atoms with Gasteiger partial charge in [-0.3, -0.25) is 14.6 Å². The number of nitrogens with one attached hydrogen (secondary N) is 2. The van der Waals surface area contributed by atoms with Crippen LogP contribution in [0.2, 0.25) is 0 Å². The summed E-state index contributed by atoms with van der Waals surface area (Å²) < 4.78 is 0. The molecule has 1 aromatic heterocycles.